The number of nitrogens with zero attached hydrogens (tertiary/aromatic N) is 3. The maximum atomic E-state index is 5.49. The molecule has 0 spiro atoms. The number of para-hydroxylation sites is 1. The monoisotopic (exact) mass is 242 g/mol. The smallest absolute Gasteiger partial charge is 0.146 e. The van der Waals surface area contributed by atoms with Crippen molar-refractivity contribution in [3.63, 3.8) is 0 Å². The Balaban J connectivity index is 1.92. The Morgan fingerprint density at radius 1 is 1.06 bits per heavy atom. The number of benzene rings is 1. The van der Waals surface area contributed by atoms with E-state index < -0.39 is 0 Å². The first-order chi connectivity index (χ1) is 8.31. The number of hydrogen-bond donors (Lipinski definition) is 1. The summed E-state index contributed by atoms with van der Waals surface area (Å²) in [5.41, 5.74) is 7.42. The van der Waals surface area contributed by atoms with E-state index in [1.165, 1.54) is 4.70 Å². The highest BCUT2D eigenvalue weighted by molar-refractivity contribution is 7.18. The zero-order valence-corrected chi connectivity index (χ0v) is 9.81. The standard InChI is InChI=1S/C12H10N4S/c13-11-6-5-8(15-16-11)7-12-14-9-3-1-2-4-10(9)17-12/h1-6H,7H2,(H2,13,16). The summed E-state index contributed by atoms with van der Waals surface area (Å²) in [5, 5.41) is 8.92. The van der Waals surface area contributed by atoms with Crippen LogP contribution < -0.4 is 5.73 Å². The Morgan fingerprint density at radius 3 is 2.71 bits per heavy atom. The summed E-state index contributed by atoms with van der Waals surface area (Å²) in [6.45, 7) is 0. The Bertz CT molecular complexity index is 612. The molecule has 3 aromatic rings. The number of aromatic nitrogens is 3. The predicted octanol–water partition coefficient (Wildman–Crippen LogP) is 2.26. The van der Waals surface area contributed by atoms with Crippen molar-refractivity contribution in [2.24, 2.45) is 0 Å². The number of nitrogen functional groups attached to an aromatic ring is 1. The van der Waals surface area contributed by atoms with E-state index >= 15 is 0 Å². The number of anilines is 1. The van der Waals surface area contributed by atoms with Crippen LogP contribution in [0.3, 0.4) is 0 Å². The van der Waals surface area contributed by atoms with Gasteiger partial charge in [0.2, 0.25) is 0 Å². The molecule has 0 unspecified atom stereocenters. The van der Waals surface area contributed by atoms with Gasteiger partial charge in [0.25, 0.3) is 0 Å². The highest BCUT2D eigenvalue weighted by atomic mass is 32.1. The lowest BCUT2D eigenvalue weighted by molar-refractivity contribution is 0.940. The van der Waals surface area contributed by atoms with Gasteiger partial charge in [-0.3, -0.25) is 0 Å². The molecule has 0 saturated heterocycles. The molecule has 1 aromatic carbocycles. The van der Waals surface area contributed by atoms with Crippen LogP contribution in [-0.4, -0.2) is 15.2 Å². The maximum absolute atomic E-state index is 5.49. The van der Waals surface area contributed by atoms with E-state index in [0.29, 0.717) is 12.2 Å². The second-order valence-corrected chi connectivity index (χ2v) is 4.82. The largest absolute Gasteiger partial charge is 0.382 e. The first-order valence-corrected chi connectivity index (χ1v) is 6.05. The molecule has 0 aliphatic heterocycles. The summed E-state index contributed by atoms with van der Waals surface area (Å²) in [7, 11) is 0. The van der Waals surface area contributed by atoms with Gasteiger partial charge in [-0.15, -0.1) is 16.4 Å². The van der Waals surface area contributed by atoms with E-state index in [0.717, 1.165) is 16.2 Å². The fourth-order valence-electron chi connectivity index (χ4n) is 1.61. The highest BCUT2D eigenvalue weighted by Gasteiger charge is 2.05. The predicted molar refractivity (Wildman–Crippen MR) is 68.9 cm³/mol. The molecule has 4 nitrogen and oxygen atoms in total. The van der Waals surface area contributed by atoms with Crippen LogP contribution >= 0.6 is 11.3 Å². The zero-order valence-electron chi connectivity index (χ0n) is 9.00. The topological polar surface area (TPSA) is 64.7 Å². The number of hydrogen-bond acceptors (Lipinski definition) is 5. The average Bonchev–Trinajstić information content (AvgIpc) is 2.74. The Hall–Kier alpha value is -2.01. The van der Waals surface area contributed by atoms with Crippen LogP contribution in [0.5, 0.6) is 0 Å². The van der Waals surface area contributed by atoms with Gasteiger partial charge in [-0.2, -0.15) is 5.10 Å². The molecule has 2 heterocycles. The minimum Gasteiger partial charge on any atom is -0.382 e. The van der Waals surface area contributed by atoms with Crippen LogP contribution in [0.4, 0.5) is 5.82 Å². The summed E-state index contributed by atoms with van der Waals surface area (Å²) < 4.78 is 1.20. The summed E-state index contributed by atoms with van der Waals surface area (Å²) in [6.07, 6.45) is 0.701. The normalized spacial score (nSPS) is 10.8. The lowest BCUT2D eigenvalue weighted by atomic mass is 10.3. The van der Waals surface area contributed by atoms with Crippen molar-refractivity contribution in [1.29, 1.82) is 0 Å². The third kappa shape index (κ3) is 2.09. The van der Waals surface area contributed by atoms with Gasteiger partial charge in [0.1, 0.15) is 5.82 Å². The molecule has 2 aromatic heterocycles. The van der Waals surface area contributed by atoms with Gasteiger partial charge in [0.05, 0.1) is 20.9 Å². The van der Waals surface area contributed by atoms with Crippen molar-refractivity contribution in [2.75, 3.05) is 5.73 Å². The zero-order chi connectivity index (χ0) is 11.7. The highest BCUT2D eigenvalue weighted by Crippen LogP contribution is 2.22. The Morgan fingerprint density at radius 2 is 1.94 bits per heavy atom. The number of fused-ring (bicyclic) bond motifs is 1. The Kier molecular flexibility index (Phi) is 2.45. The first kappa shape index (κ1) is 10.2. The van der Waals surface area contributed by atoms with E-state index in [4.69, 9.17) is 5.73 Å². The van der Waals surface area contributed by atoms with Gasteiger partial charge >= 0.3 is 0 Å². The molecular formula is C12H10N4S. The fourth-order valence-corrected chi connectivity index (χ4v) is 2.60. The van der Waals surface area contributed by atoms with Gasteiger partial charge in [-0.25, -0.2) is 4.98 Å². The SMILES string of the molecule is Nc1ccc(Cc2nc3ccccc3s2)nn1. The molecule has 0 amide bonds. The molecule has 5 heteroatoms. The summed E-state index contributed by atoms with van der Waals surface area (Å²) in [6, 6.07) is 11.8. The molecule has 0 fully saturated rings. The van der Waals surface area contributed by atoms with Crippen molar-refractivity contribution in [1.82, 2.24) is 15.2 Å². The average molecular weight is 242 g/mol. The molecular weight excluding hydrogens is 232 g/mol. The van der Waals surface area contributed by atoms with Crippen LogP contribution in [0.25, 0.3) is 10.2 Å². The second-order valence-electron chi connectivity index (χ2n) is 3.70. The van der Waals surface area contributed by atoms with Crippen LogP contribution in [-0.2, 0) is 6.42 Å². The second kappa shape index (κ2) is 4.10. The van der Waals surface area contributed by atoms with Crippen molar-refractivity contribution in [2.45, 2.75) is 6.42 Å². The first-order valence-electron chi connectivity index (χ1n) is 5.24. The summed E-state index contributed by atoms with van der Waals surface area (Å²) >= 11 is 1.69. The van der Waals surface area contributed by atoms with Crippen molar-refractivity contribution in [3.8, 4) is 0 Å². The van der Waals surface area contributed by atoms with E-state index in [9.17, 15) is 0 Å². The molecule has 0 aliphatic rings. The summed E-state index contributed by atoms with van der Waals surface area (Å²) in [4.78, 5) is 4.55. The van der Waals surface area contributed by atoms with Crippen molar-refractivity contribution < 1.29 is 0 Å². The lowest BCUT2D eigenvalue weighted by Crippen LogP contribution is -1.97. The molecule has 84 valence electrons. The minimum atomic E-state index is 0.443. The van der Waals surface area contributed by atoms with Gasteiger partial charge < -0.3 is 5.73 Å². The third-order valence-corrected chi connectivity index (χ3v) is 3.45. The molecule has 0 atom stereocenters. The molecule has 0 bridgehead atoms. The molecule has 0 aliphatic carbocycles. The molecule has 0 saturated carbocycles. The third-order valence-electron chi connectivity index (χ3n) is 2.41. The van der Waals surface area contributed by atoms with Crippen LogP contribution in [0.15, 0.2) is 36.4 Å². The lowest BCUT2D eigenvalue weighted by Gasteiger charge is -1.95. The number of nitrogens with two attached hydrogens (primary N) is 1. The van der Waals surface area contributed by atoms with Gasteiger partial charge in [-0.05, 0) is 24.3 Å². The van der Waals surface area contributed by atoms with Crippen LogP contribution in [0.1, 0.15) is 10.7 Å². The number of thiazole rings is 1. The molecule has 3 rings (SSSR count). The quantitative estimate of drug-likeness (QED) is 0.748. The molecule has 17 heavy (non-hydrogen) atoms. The maximum Gasteiger partial charge on any atom is 0.146 e. The van der Waals surface area contributed by atoms with Crippen LogP contribution in [0.2, 0.25) is 0 Å². The van der Waals surface area contributed by atoms with Crippen molar-refractivity contribution in [3.05, 3.63) is 47.1 Å². The van der Waals surface area contributed by atoms with E-state index in [2.05, 4.69) is 21.2 Å². The van der Waals surface area contributed by atoms with Crippen LogP contribution in [0, 0.1) is 0 Å². The molecule has 2 N–H and O–H groups in total. The minimum absolute atomic E-state index is 0.443. The van der Waals surface area contributed by atoms with Crippen molar-refractivity contribution >= 4 is 27.4 Å². The van der Waals surface area contributed by atoms with Gasteiger partial charge in [0.15, 0.2) is 0 Å². The Labute approximate surface area is 102 Å². The molecule has 0 radical (unpaired) electrons. The van der Waals surface area contributed by atoms with E-state index in [1.54, 1.807) is 17.4 Å². The fraction of sp³-hybridized carbons (Fsp3) is 0.0833. The van der Waals surface area contributed by atoms with Gasteiger partial charge in [-0.1, -0.05) is 12.1 Å². The van der Waals surface area contributed by atoms with E-state index in [-0.39, 0.29) is 0 Å². The number of rotatable bonds is 2. The van der Waals surface area contributed by atoms with Gasteiger partial charge in [0, 0.05) is 6.42 Å². The van der Waals surface area contributed by atoms with E-state index in [1.807, 2.05) is 24.3 Å². The summed E-state index contributed by atoms with van der Waals surface area (Å²) in [5.74, 6) is 0.443.